The lowest BCUT2D eigenvalue weighted by Gasteiger charge is -2.18. The van der Waals surface area contributed by atoms with Crippen molar-refractivity contribution >= 4 is 23.2 Å². The maximum absolute atomic E-state index is 11.8. The topological polar surface area (TPSA) is 64.3 Å². The number of carbonyl (C=O) groups excluding carboxylic acids is 1. The Balaban J connectivity index is 1.80. The summed E-state index contributed by atoms with van der Waals surface area (Å²) in [5, 5.41) is 3.26. The van der Waals surface area contributed by atoms with Crippen molar-refractivity contribution in [2.45, 2.75) is 25.4 Å². The van der Waals surface area contributed by atoms with Crippen molar-refractivity contribution in [3.8, 4) is 0 Å². The molecule has 0 saturated heterocycles. The largest absolute Gasteiger partial charge is 0.368 e. The number of benzene rings is 1. The van der Waals surface area contributed by atoms with Crippen molar-refractivity contribution in [2.75, 3.05) is 18.5 Å². The maximum atomic E-state index is 11.8. The number of para-hydroxylation sites is 1. The second-order valence-corrected chi connectivity index (χ2v) is 5.21. The van der Waals surface area contributed by atoms with Gasteiger partial charge in [-0.2, -0.15) is 0 Å². The van der Waals surface area contributed by atoms with Gasteiger partial charge in [-0.05, 0) is 37.4 Å². The maximum Gasteiger partial charge on any atom is 0.250 e. The Kier molecular flexibility index (Phi) is 5.19. The smallest absolute Gasteiger partial charge is 0.250 e. The molecule has 1 fully saturated rings. The molecule has 2 atom stereocenters. The fourth-order valence-corrected chi connectivity index (χ4v) is 2.61. The molecule has 0 heterocycles. The van der Waals surface area contributed by atoms with Gasteiger partial charge in [0.15, 0.2) is 0 Å². The summed E-state index contributed by atoms with van der Waals surface area (Å²) in [6.45, 7) is 0.670. The average molecular weight is 283 g/mol. The molecule has 2 unspecified atom stereocenters. The molecule has 0 aliphatic heterocycles. The van der Waals surface area contributed by atoms with E-state index in [0.717, 1.165) is 19.3 Å². The van der Waals surface area contributed by atoms with Crippen LogP contribution in [-0.4, -0.2) is 25.2 Å². The van der Waals surface area contributed by atoms with Crippen LogP contribution in [0.5, 0.6) is 0 Å². The van der Waals surface area contributed by atoms with Gasteiger partial charge in [0.2, 0.25) is 5.91 Å². The third kappa shape index (κ3) is 3.93. The molecule has 0 spiro atoms. The normalized spacial score (nSPS) is 22.4. The summed E-state index contributed by atoms with van der Waals surface area (Å²) in [6, 6.07) is 7.14. The lowest BCUT2D eigenvalue weighted by atomic mass is 10.1. The highest BCUT2D eigenvalue weighted by Crippen LogP contribution is 2.27. The second kappa shape index (κ2) is 6.89. The summed E-state index contributed by atoms with van der Waals surface area (Å²) in [4.78, 5) is 11.8. The zero-order valence-corrected chi connectivity index (χ0v) is 11.5. The molecular weight excluding hydrogens is 264 g/mol. The molecule has 3 N–H and O–H groups in total. The highest BCUT2D eigenvalue weighted by atomic mass is 35.5. The molecule has 1 aromatic rings. The average Bonchev–Trinajstić information content (AvgIpc) is 2.86. The van der Waals surface area contributed by atoms with Gasteiger partial charge in [-0.3, -0.25) is 4.79 Å². The van der Waals surface area contributed by atoms with E-state index < -0.39 is 0 Å². The number of hydrogen-bond acceptors (Lipinski definition) is 3. The van der Waals surface area contributed by atoms with Crippen LogP contribution in [0.3, 0.4) is 0 Å². The van der Waals surface area contributed by atoms with E-state index in [0.29, 0.717) is 23.2 Å². The minimum Gasteiger partial charge on any atom is -0.368 e. The number of nitrogens with one attached hydrogen (secondary N) is 1. The lowest BCUT2D eigenvalue weighted by molar-refractivity contribution is -0.123. The second-order valence-electron chi connectivity index (χ2n) is 4.80. The fraction of sp³-hybridized carbons (Fsp3) is 0.500. The van der Waals surface area contributed by atoms with Crippen molar-refractivity contribution < 1.29 is 9.53 Å². The Morgan fingerprint density at radius 1 is 1.42 bits per heavy atom. The zero-order chi connectivity index (χ0) is 13.7. The predicted molar refractivity (Wildman–Crippen MR) is 76.2 cm³/mol. The van der Waals surface area contributed by atoms with Gasteiger partial charge in [0.1, 0.15) is 6.61 Å². The number of anilines is 1. The molecule has 104 valence electrons. The quantitative estimate of drug-likeness (QED) is 0.872. The van der Waals surface area contributed by atoms with Crippen LogP contribution in [0.4, 0.5) is 5.69 Å². The van der Waals surface area contributed by atoms with E-state index in [1.165, 1.54) is 0 Å². The van der Waals surface area contributed by atoms with Gasteiger partial charge < -0.3 is 15.8 Å². The van der Waals surface area contributed by atoms with Gasteiger partial charge in [0.05, 0.1) is 16.8 Å². The number of halogens is 1. The van der Waals surface area contributed by atoms with Gasteiger partial charge >= 0.3 is 0 Å². The van der Waals surface area contributed by atoms with Crippen LogP contribution in [0.2, 0.25) is 5.02 Å². The first-order valence-corrected chi connectivity index (χ1v) is 6.94. The molecule has 0 aromatic heterocycles. The van der Waals surface area contributed by atoms with Crippen LogP contribution in [0.25, 0.3) is 0 Å². The summed E-state index contributed by atoms with van der Waals surface area (Å²) in [7, 11) is 0. The standard InChI is InChI=1S/C14H19ClN2O2/c15-11-5-1-2-6-12(11)17-14(18)9-19-13-7-3-4-10(13)8-16/h1-2,5-6,10,13H,3-4,7-9,16H2,(H,17,18). The molecule has 1 aliphatic rings. The van der Waals surface area contributed by atoms with Gasteiger partial charge in [-0.15, -0.1) is 0 Å². The van der Waals surface area contributed by atoms with E-state index in [1.54, 1.807) is 12.1 Å². The summed E-state index contributed by atoms with van der Waals surface area (Å²) < 4.78 is 5.65. The van der Waals surface area contributed by atoms with Crippen molar-refractivity contribution in [1.82, 2.24) is 0 Å². The van der Waals surface area contributed by atoms with Gasteiger partial charge in [-0.25, -0.2) is 0 Å². The van der Waals surface area contributed by atoms with Gasteiger partial charge in [-0.1, -0.05) is 30.2 Å². The molecule has 0 radical (unpaired) electrons. The fourth-order valence-electron chi connectivity index (χ4n) is 2.42. The van der Waals surface area contributed by atoms with Crippen LogP contribution in [0, 0.1) is 5.92 Å². The van der Waals surface area contributed by atoms with Crippen LogP contribution < -0.4 is 11.1 Å². The van der Waals surface area contributed by atoms with Crippen molar-refractivity contribution in [3.63, 3.8) is 0 Å². The van der Waals surface area contributed by atoms with Crippen LogP contribution in [-0.2, 0) is 9.53 Å². The van der Waals surface area contributed by atoms with Crippen molar-refractivity contribution in [3.05, 3.63) is 29.3 Å². The van der Waals surface area contributed by atoms with E-state index >= 15 is 0 Å². The van der Waals surface area contributed by atoms with E-state index in [4.69, 9.17) is 22.1 Å². The van der Waals surface area contributed by atoms with Crippen LogP contribution in [0.15, 0.2) is 24.3 Å². The monoisotopic (exact) mass is 282 g/mol. The number of carbonyl (C=O) groups is 1. The number of hydrogen-bond donors (Lipinski definition) is 2. The zero-order valence-electron chi connectivity index (χ0n) is 10.8. The minimum absolute atomic E-state index is 0.0480. The summed E-state index contributed by atoms with van der Waals surface area (Å²) in [6.07, 6.45) is 3.31. The van der Waals surface area contributed by atoms with E-state index in [-0.39, 0.29) is 18.6 Å². The number of amides is 1. The molecule has 1 amide bonds. The van der Waals surface area contributed by atoms with E-state index in [2.05, 4.69) is 5.32 Å². The first-order chi connectivity index (χ1) is 9.20. The van der Waals surface area contributed by atoms with E-state index in [1.807, 2.05) is 12.1 Å². The molecule has 5 heteroatoms. The lowest BCUT2D eigenvalue weighted by Crippen LogP contribution is -2.29. The predicted octanol–water partition coefficient (Wildman–Crippen LogP) is 2.42. The summed E-state index contributed by atoms with van der Waals surface area (Å²) >= 11 is 5.97. The van der Waals surface area contributed by atoms with Crippen LogP contribution >= 0.6 is 11.6 Å². The molecule has 4 nitrogen and oxygen atoms in total. The Morgan fingerprint density at radius 2 is 2.21 bits per heavy atom. The number of rotatable bonds is 5. The minimum atomic E-state index is -0.184. The molecule has 19 heavy (non-hydrogen) atoms. The Hall–Kier alpha value is -1.10. The highest BCUT2D eigenvalue weighted by Gasteiger charge is 2.27. The molecule has 1 aromatic carbocycles. The van der Waals surface area contributed by atoms with Gasteiger partial charge in [0, 0.05) is 0 Å². The summed E-state index contributed by atoms with van der Waals surface area (Å²) in [5.74, 6) is 0.198. The van der Waals surface area contributed by atoms with Crippen molar-refractivity contribution in [1.29, 1.82) is 0 Å². The first-order valence-electron chi connectivity index (χ1n) is 6.56. The number of nitrogens with two attached hydrogens (primary N) is 1. The van der Waals surface area contributed by atoms with Crippen molar-refractivity contribution in [2.24, 2.45) is 11.7 Å². The number of ether oxygens (including phenoxy) is 1. The van der Waals surface area contributed by atoms with Gasteiger partial charge in [0.25, 0.3) is 0 Å². The Bertz CT molecular complexity index is 439. The Morgan fingerprint density at radius 3 is 2.95 bits per heavy atom. The van der Waals surface area contributed by atoms with Crippen LogP contribution in [0.1, 0.15) is 19.3 Å². The Labute approximate surface area is 118 Å². The molecule has 1 aliphatic carbocycles. The SMILES string of the molecule is NCC1CCCC1OCC(=O)Nc1ccccc1Cl. The molecule has 0 bridgehead atoms. The van der Waals surface area contributed by atoms with E-state index in [9.17, 15) is 4.79 Å². The first kappa shape index (κ1) is 14.3. The molecule has 2 rings (SSSR count). The summed E-state index contributed by atoms with van der Waals surface area (Å²) in [5.41, 5.74) is 6.29. The third-order valence-electron chi connectivity index (χ3n) is 3.47. The third-order valence-corrected chi connectivity index (χ3v) is 3.80. The highest BCUT2D eigenvalue weighted by molar-refractivity contribution is 6.33. The molecule has 1 saturated carbocycles. The molecular formula is C14H19ClN2O2.